The number of hydrogen-bond acceptors (Lipinski definition) is 3. The van der Waals surface area contributed by atoms with Crippen molar-refractivity contribution in [1.29, 1.82) is 0 Å². The lowest BCUT2D eigenvalue weighted by molar-refractivity contribution is -0.917. The Morgan fingerprint density at radius 3 is 2.41 bits per heavy atom. The molecule has 1 aromatic rings. The lowest BCUT2D eigenvalue weighted by atomic mass is 9.78. The number of quaternary nitrogens is 1. The van der Waals surface area contributed by atoms with E-state index in [1.807, 2.05) is 6.92 Å². The van der Waals surface area contributed by atoms with Gasteiger partial charge in [0.2, 0.25) is 10.0 Å². The zero-order valence-electron chi connectivity index (χ0n) is 17.5. The van der Waals surface area contributed by atoms with Crippen LogP contribution >= 0.6 is 0 Å². The molecule has 8 heteroatoms. The van der Waals surface area contributed by atoms with Gasteiger partial charge in [-0.3, -0.25) is 4.79 Å². The number of halogens is 1. The van der Waals surface area contributed by atoms with Crippen LogP contribution in [0.1, 0.15) is 40.0 Å². The topological polar surface area (TPSA) is 70.9 Å². The quantitative estimate of drug-likeness (QED) is 0.739. The van der Waals surface area contributed by atoms with Crippen LogP contribution in [0.3, 0.4) is 0 Å². The molecule has 0 spiro atoms. The minimum Gasteiger partial charge on any atom is -0.348 e. The molecule has 0 unspecified atom stereocenters. The van der Waals surface area contributed by atoms with Crippen molar-refractivity contribution in [2.45, 2.75) is 57.0 Å². The van der Waals surface area contributed by atoms with Crippen LogP contribution in [0, 0.1) is 17.7 Å². The second-order valence-corrected chi connectivity index (χ2v) is 10.6. The lowest BCUT2D eigenvalue weighted by Crippen LogP contribution is -3.19. The molecule has 29 heavy (non-hydrogen) atoms. The van der Waals surface area contributed by atoms with Crippen molar-refractivity contribution >= 4 is 15.9 Å². The van der Waals surface area contributed by atoms with Gasteiger partial charge in [-0.15, -0.1) is 0 Å². The normalized spacial score (nSPS) is 28.1. The first-order chi connectivity index (χ1) is 13.7. The van der Waals surface area contributed by atoms with Gasteiger partial charge in [0.05, 0.1) is 31.1 Å². The highest BCUT2D eigenvalue weighted by atomic mass is 32.2. The molecule has 1 saturated carbocycles. The van der Waals surface area contributed by atoms with E-state index in [0.717, 1.165) is 29.9 Å². The van der Waals surface area contributed by atoms with Crippen LogP contribution in [-0.4, -0.2) is 56.9 Å². The van der Waals surface area contributed by atoms with E-state index in [1.165, 1.54) is 22.9 Å². The third-order valence-electron chi connectivity index (χ3n) is 6.86. The Hall–Kier alpha value is -1.51. The molecule has 2 fully saturated rings. The van der Waals surface area contributed by atoms with Crippen molar-refractivity contribution in [2.75, 3.05) is 26.2 Å². The Bertz CT molecular complexity index is 807. The molecule has 162 valence electrons. The Balaban J connectivity index is 1.55. The summed E-state index contributed by atoms with van der Waals surface area (Å²) in [5, 5.41) is 3.24. The van der Waals surface area contributed by atoms with Gasteiger partial charge in [0.25, 0.3) is 5.91 Å². The SMILES string of the molecule is C[C@@H]1[C@@H](C)CCC[C@H]1NC(=O)[C@@H](C)[NH+]1CCN(S(=O)(=O)c2ccc(F)cc2)CC1. The smallest absolute Gasteiger partial charge is 0.278 e. The Labute approximate surface area is 173 Å². The largest absolute Gasteiger partial charge is 0.348 e. The molecule has 2 N–H and O–H groups in total. The van der Waals surface area contributed by atoms with Gasteiger partial charge < -0.3 is 10.2 Å². The number of amides is 1. The monoisotopic (exact) mass is 426 g/mol. The van der Waals surface area contributed by atoms with Crippen molar-refractivity contribution in [3.63, 3.8) is 0 Å². The van der Waals surface area contributed by atoms with Crippen LogP contribution in [0.4, 0.5) is 4.39 Å². The van der Waals surface area contributed by atoms with Crippen molar-refractivity contribution < 1.29 is 22.5 Å². The molecule has 0 bridgehead atoms. The molecule has 6 nitrogen and oxygen atoms in total. The predicted molar refractivity (Wildman–Crippen MR) is 109 cm³/mol. The van der Waals surface area contributed by atoms with Gasteiger partial charge in [0.15, 0.2) is 6.04 Å². The number of rotatable bonds is 5. The number of nitrogens with zero attached hydrogens (tertiary/aromatic N) is 1. The zero-order valence-corrected chi connectivity index (χ0v) is 18.3. The van der Waals surface area contributed by atoms with Crippen LogP contribution in [0.5, 0.6) is 0 Å². The van der Waals surface area contributed by atoms with Crippen molar-refractivity contribution in [1.82, 2.24) is 9.62 Å². The van der Waals surface area contributed by atoms with Gasteiger partial charge in [-0.25, -0.2) is 12.8 Å². The minimum atomic E-state index is -3.63. The van der Waals surface area contributed by atoms with Gasteiger partial charge in [-0.1, -0.05) is 26.7 Å². The summed E-state index contributed by atoms with van der Waals surface area (Å²) in [6, 6.07) is 4.93. The summed E-state index contributed by atoms with van der Waals surface area (Å²) >= 11 is 0. The zero-order chi connectivity index (χ0) is 21.2. The maximum Gasteiger partial charge on any atom is 0.278 e. The molecule has 4 atom stereocenters. The molecular weight excluding hydrogens is 393 g/mol. The van der Waals surface area contributed by atoms with E-state index in [2.05, 4.69) is 19.2 Å². The highest BCUT2D eigenvalue weighted by molar-refractivity contribution is 7.89. The fourth-order valence-corrected chi connectivity index (χ4v) is 5.92. The number of benzene rings is 1. The summed E-state index contributed by atoms with van der Waals surface area (Å²) in [6.07, 6.45) is 3.40. The van der Waals surface area contributed by atoms with Gasteiger partial charge in [-0.2, -0.15) is 4.31 Å². The van der Waals surface area contributed by atoms with E-state index in [1.54, 1.807) is 0 Å². The number of hydrogen-bond donors (Lipinski definition) is 2. The number of carbonyl (C=O) groups excluding carboxylic acids is 1. The van der Waals surface area contributed by atoms with Gasteiger partial charge in [0.1, 0.15) is 5.82 Å². The Morgan fingerprint density at radius 1 is 1.17 bits per heavy atom. The summed E-state index contributed by atoms with van der Waals surface area (Å²) in [5.74, 6) is 0.699. The molecule has 1 saturated heterocycles. The number of nitrogens with one attached hydrogen (secondary N) is 2. The van der Waals surface area contributed by atoms with Crippen molar-refractivity contribution in [3.8, 4) is 0 Å². The predicted octanol–water partition coefficient (Wildman–Crippen LogP) is 1.04. The van der Waals surface area contributed by atoms with Crippen molar-refractivity contribution in [2.24, 2.45) is 11.8 Å². The number of piperazine rings is 1. The summed E-state index contributed by atoms with van der Waals surface area (Å²) < 4.78 is 40.0. The summed E-state index contributed by atoms with van der Waals surface area (Å²) in [7, 11) is -3.63. The molecule has 1 aromatic carbocycles. The molecule has 1 amide bonds. The third kappa shape index (κ3) is 4.98. The van der Waals surface area contributed by atoms with Gasteiger partial charge in [-0.05, 0) is 49.4 Å². The summed E-state index contributed by atoms with van der Waals surface area (Å²) in [5.41, 5.74) is 0. The molecular formula is C21H33FN3O3S+. The fraction of sp³-hybridized carbons (Fsp3) is 0.667. The van der Waals surface area contributed by atoms with Crippen molar-refractivity contribution in [3.05, 3.63) is 30.1 Å². The van der Waals surface area contributed by atoms with Gasteiger partial charge in [0, 0.05) is 6.04 Å². The third-order valence-corrected chi connectivity index (χ3v) is 8.77. The van der Waals surface area contributed by atoms with E-state index in [-0.39, 0.29) is 22.9 Å². The summed E-state index contributed by atoms with van der Waals surface area (Å²) in [6.45, 7) is 8.24. The standard InChI is InChI=1S/C21H32FN3O3S/c1-15-5-4-6-20(16(15)2)23-21(26)17(3)24-11-13-25(14-12-24)29(27,28)19-9-7-18(22)8-10-19/h7-10,15-17,20H,4-6,11-14H2,1-3H3,(H,23,26)/p+1/t15-,16+,17+,20+/m0/s1. The lowest BCUT2D eigenvalue weighted by Gasteiger charge is -2.37. The maximum atomic E-state index is 13.1. The van der Waals surface area contributed by atoms with Crippen LogP contribution in [0.25, 0.3) is 0 Å². The molecule has 0 aromatic heterocycles. The van der Waals surface area contributed by atoms with E-state index in [9.17, 15) is 17.6 Å². The van der Waals surface area contributed by atoms with Crippen LogP contribution in [0.15, 0.2) is 29.2 Å². The molecule has 1 aliphatic heterocycles. The summed E-state index contributed by atoms with van der Waals surface area (Å²) in [4.78, 5) is 14.0. The first-order valence-electron chi connectivity index (χ1n) is 10.6. The van der Waals surface area contributed by atoms with Crippen LogP contribution in [0.2, 0.25) is 0 Å². The minimum absolute atomic E-state index is 0.0563. The van der Waals surface area contributed by atoms with E-state index in [0.29, 0.717) is 38.0 Å². The van der Waals surface area contributed by atoms with Crippen LogP contribution < -0.4 is 10.2 Å². The second-order valence-electron chi connectivity index (χ2n) is 8.62. The molecule has 3 rings (SSSR count). The molecule has 2 aliphatic rings. The van der Waals surface area contributed by atoms with E-state index in [4.69, 9.17) is 0 Å². The maximum absolute atomic E-state index is 13.1. The first-order valence-corrected chi connectivity index (χ1v) is 12.0. The van der Waals surface area contributed by atoms with E-state index >= 15 is 0 Å². The van der Waals surface area contributed by atoms with E-state index < -0.39 is 15.8 Å². The average molecular weight is 427 g/mol. The Morgan fingerprint density at radius 2 is 1.79 bits per heavy atom. The number of sulfonamides is 1. The van der Waals surface area contributed by atoms with Gasteiger partial charge >= 0.3 is 0 Å². The molecule has 1 aliphatic carbocycles. The second kappa shape index (κ2) is 9.10. The highest BCUT2D eigenvalue weighted by Gasteiger charge is 2.36. The molecule has 1 heterocycles. The number of carbonyl (C=O) groups is 1. The van der Waals surface area contributed by atoms with Crippen LogP contribution in [-0.2, 0) is 14.8 Å². The Kier molecular flexibility index (Phi) is 6.96. The highest BCUT2D eigenvalue weighted by Crippen LogP contribution is 2.29. The fourth-order valence-electron chi connectivity index (χ4n) is 4.48. The molecule has 0 radical (unpaired) electrons. The first kappa shape index (κ1) is 22.2. The average Bonchev–Trinajstić information content (AvgIpc) is 2.71.